The summed E-state index contributed by atoms with van der Waals surface area (Å²) in [6.45, 7) is 1.81. The Morgan fingerprint density at radius 2 is 2.40 bits per heavy atom. The number of aldehydes is 1. The van der Waals surface area contributed by atoms with E-state index in [4.69, 9.17) is 4.74 Å². The molecule has 3 unspecified atom stereocenters. The van der Waals surface area contributed by atoms with Crippen molar-refractivity contribution in [1.29, 1.82) is 0 Å². The van der Waals surface area contributed by atoms with Gasteiger partial charge in [0, 0.05) is 19.1 Å². The van der Waals surface area contributed by atoms with Crippen LogP contribution >= 0.6 is 0 Å². The topological polar surface area (TPSA) is 26.3 Å². The van der Waals surface area contributed by atoms with Gasteiger partial charge in [-0.15, -0.1) is 0 Å². The third kappa shape index (κ3) is 0.966. The fraction of sp³-hybridized carbons (Fsp3) is 0.875. The Bertz CT molecular complexity index is 138. The van der Waals surface area contributed by atoms with Crippen LogP contribution in [0, 0.1) is 17.8 Å². The van der Waals surface area contributed by atoms with E-state index in [1.54, 1.807) is 0 Å². The molecule has 0 aromatic heterocycles. The van der Waals surface area contributed by atoms with E-state index in [-0.39, 0.29) is 0 Å². The molecule has 2 aliphatic rings. The third-order valence-electron chi connectivity index (χ3n) is 2.64. The minimum Gasteiger partial charge on any atom is -0.381 e. The molecule has 3 atom stereocenters. The summed E-state index contributed by atoms with van der Waals surface area (Å²) in [6.07, 6.45) is 3.40. The highest BCUT2D eigenvalue weighted by Gasteiger charge is 2.43. The highest BCUT2D eigenvalue weighted by molar-refractivity contribution is 5.58. The van der Waals surface area contributed by atoms with Gasteiger partial charge in [-0.2, -0.15) is 0 Å². The Morgan fingerprint density at radius 1 is 1.50 bits per heavy atom. The Morgan fingerprint density at radius 3 is 2.90 bits per heavy atom. The standard InChI is InChI=1S/C8H12O2/c9-4-7-3-8(7)6-1-2-10-5-6/h4,6-8H,1-3,5H2. The highest BCUT2D eigenvalue weighted by atomic mass is 16.5. The molecule has 2 heteroatoms. The Balaban J connectivity index is 1.84. The van der Waals surface area contributed by atoms with Crippen molar-refractivity contribution in [1.82, 2.24) is 0 Å². The molecule has 56 valence electrons. The van der Waals surface area contributed by atoms with Crippen LogP contribution in [0.25, 0.3) is 0 Å². The van der Waals surface area contributed by atoms with Crippen LogP contribution in [0.4, 0.5) is 0 Å². The average Bonchev–Trinajstić information content (AvgIpc) is 2.56. The van der Waals surface area contributed by atoms with Crippen LogP contribution in [0.1, 0.15) is 12.8 Å². The van der Waals surface area contributed by atoms with Gasteiger partial charge in [-0.25, -0.2) is 0 Å². The lowest BCUT2D eigenvalue weighted by Crippen LogP contribution is -2.03. The molecular formula is C8H12O2. The number of carbonyl (C=O) groups excluding carboxylic acids is 1. The monoisotopic (exact) mass is 140 g/mol. The zero-order chi connectivity index (χ0) is 6.97. The maximum Gasteiger partial charge on any atom is 0.123 e. The van der Waals surface area contributed by atoms with Gasteiger partial charge < -0.3 is 9.53 Å². The maximum atomic E-state index is 10.3. The van der Waals surface area contributed by atoms with E-state index in [1.807, 2.05) is 0 Å². The Labute approximate surface area is 60.6 Å². The molecule has 2 rings (SSSR count). The Kier molecular flexibility index (Phi) is 1.49. The molecule has 1 saturated carbocycles. The lowest BCUT2D eigenvalue weighted by Gasteiger charge is -2.02. The summed E-state index contributed by atoms with van der Waals surface area (Å²) in [4.78, 5) is 10.3. The zero-order valence-corrected chi connectivity index (χ0v) is 5.95. The van der Waals surface area contributed by atoms with Crippen molar-refractivity contribution >= 4 is 6.29 Å². The van der Waals surface area contributed by atoms with Gasteiger partial charge in [0.2, 0.25) is 0 Å². The molecule has 0 spiro atoms. The first-order valence-corrected chi connectivity index (χ1v) is 3.95. The average molecular weight is 140 g/mol. The van der Waals surface area contributed by atoms with Gasteiger partial charge in [-0.3, -0.25) is 0 Å². The van der Waals surface area contributed by atoms with E-state index in [0.29, 0.717) is 17.8 Å². The summed E-state index contributed by atoms with van der Waals surface area (Å²) < 4.78 is 5.24. The normalized spacial score (nSPS) is 45.4. The largest absolute Gasteiger partial charge is 0.381 e. The SMILES string of the molecule is O=CC1CC1C1CCOC1. The lowest BCUT2D eigenvalue weighted by molar-refractivity contribution is -0.109. The van der Waals surface area contributed by atoms with Crippen LogP contribution in [0.15, 0.2) is 0 Å². The first-order valence-electron chi connectivity index (χ1n) is 3.95. The summed E-state index contributed by atoms with van der Waals surface area (Å²) in [5, 5.41) is 0. The summed E-state index contributed by atoms with van der Waals surface area (Å²) in [5.74, 6) is 1.77. The van der Waals surface area contributed by atoms with E-state index in [2.05, 4.69) is 0 Å². The molecule has 1 heterocycles. The predicted molar refractivity (Wildman–Crippen MR) is 36.6 cm³/mol. The number of ether oxygens (including phenoxy) is 1. The fourth-order valence-electron chi connectivity index (χ4n) is 1.82. The molecular weight excluding hydrogens is 128 g/mol. The molecule has 0 aromatic carbocycles. The number of carbonyl (C=O) groups is 1. The van der Waals surface area contributed by atoms with E-state index in [1.165, 1.54) is 6.42 Å². The molecule has 0 N–H and O–H groups in total. The summed E-state index contributed by atoms with van der Waals surface area (Å²) >= 11 is 0. The van der Waals surface area contributed by atoms with Crippen LogP contribution in [-0.2, 0) is 9.53 Å². The van der Waals surface area contributed by atoms with Gasteiger partial charge >= 0.3 is 0 Å². The third-order valence-corrected chi connectivity index (χ3v) is 2.64. The molecule has 10 heavy (non-hydrogen) atoms. The number of rotatable bonds is 2. The maximum absolute atomic E-state index is 10.3. The summed E-state index contributed by atoms with van der Waals surface area (Å²) in [6, 6.07) is 0. The summed E-state index contributed by atoms with van der Waals surface area (Å²) in [5.41, 5.74) is 0. The first kappa shape index (κ1) is 6.35. The molecule has 1 saturated heterocycles. The minimum absolute atomic E-state index is 0.381. The van der Waals surface area contributed by atoms with Crippen molar-refractivity contribution in [3.63, 3.8) is 0 Å². The van der Waals surface area contributed by atoms with Crippen molar-refractivity contribution in [2.45, 2.75) is 12.8 Å². The minimum atomic E-state index is 0.381. The molecule has 2 fully saturated rings. The van der Waals surface area contributed by atoms with Gasteiger partial charge in [0.15, 0.2) is 0 Å². The molecule has 0 amide bonds. The van der Waals surface area contributed by atoms with Crippen LogP contribution in [0.2, 0.25) is 0 Å². The van der Waals surface area contributed by atoms with Gasteiger partial charge in [0.1, 0.15) is 6.29 Å². The smallest absolute Gasteiger partial charge is 0.123 e. The second-order valence-electron chi connectivity index (χ2n) is 3.32. The van der Waals surface area contributed by atoms with E-state index in [0.717, 1.165) is 25.9 Å². The second-order valence-corrected chi connectivity index (χ2v) is 3.32. The molecule has 0 bridgehead atoms. The second kappa shape index (κ2) is 2.35. The van der Waals surface area contributed by atoms with E-state index in [9.17, 15) is 4.79 Å². The quantitative estimate of drug-likeness (QED) is 0.532. The van der Waals surface area contributed by atoms with Crippen LogP contribution in [-0.4, -0.2) is 19.5 Å². The predicted octanol–water partition coefficient (Wildman–Crippen LogP) is 0.858. The fourth-order valence-corrected chi connectivity index (χ4v) is 1.82. The zero-order valence-electron chi connectivity index (χ0n) is 5.95. The number of hydrogen-bond donors (Lipinski definition) is 0. The van der Waals surface area contributed by atoms with Crippen molar-refractivity contribution in [3.05, 3.63) is 0 Å². The molecule has 0 aromatic rings. The van der Waals surface area contributed by atoms with Crippen LogP contribution in [0.3, 0.4) is 0 Å². The lowest BCUT2D eigenvalue weighted by atomic mass is 10.0. The van der Waals surface area contributed by atoms with Crippen molar-refractivity contribution in [2.75, 3.05) is 13.2 Å². The first-order chi connectivity index (χ1) is 4.92. The summed E-state index contributed by atoms with van der Waals surface area (Å²) in [7, 11) is 0. The molecule has 1 aliphatic heterocycles. The van der Waals surface area contributed by atoms with Crippen molar-refractivity contribution in [3.8, 4) is 0 Å². The number of hydrogen-bond acceptors (Lipinski definition) is 2. The van der Waals surface area contributed by atoms with Crippen LogP contribution < -0.4 is 0 Å². The van der Waals surface area contributed by atoms with Gasteiger partial charge in [0.05, 0.1) is 0 Å². The molecule has 0 radical (unpaired) electrons. The van der Waals surface area contributed by atoms with E-state index < -0.39 is 0 Å². The van der Waals surface area contributed by atoms with Crippen LogP contribution in [0.5, 0.6) is 0 Å². The van der Waals surface area contributed by atoms with E-state index >= 15 is 0 Å². The van der Waals surface area contributed by atoms with Gasteiger partial charge in [0.25, 0.3) is 0 Å². The highest BCUT2D eigenvalue weighted by Crippen LogP contribution is 2.45. The molecule has 2 nitrogen and oxygen atoms in total. The van der Waals surface area contributed by atoms with Gasteiger partial charge in [-0.05, 0) is 24.7 Å². The van der Waals surface area contributed by atoms with Gasteiger partial charge in [-0.1, -0.05) is 0 Å². The molecule has 1 aliphatic carbocycles. The Hall–Kier alpha value is -0.370. The van der Waals surface area contributed by atoms with Crippen molar-refractivity contribution in [2.24, 2.45) is 17.8 Å². The van der Waals surface area contributed by atoms with Crippen molar-refractivity contribution < 1.29 is 9.53 Å².